The molecule has 1 aromatic heterocycles. The van der Waals surface area contributed by atoms with Crippen molar-refractivity contribution in [3.63, 3.8) is 0 Å². The zero-order valence-corrected chi connectivity index (χ0v) is 18.2. The summed E-state index contributed by atoms with van der Waals surface area (Å²) in [5.41, 5.74) is 1.61. The number of anilines is 3. The Labute approximate surface area is 185 Å². The number of hydrogen-bond donors (Lipinski definition) is 3. The number of carbonyl (C=O) groups is 3. The number of urea groups is 1. The lowest BCUT2D eigenvalue weighted by Crippen LogP contribution is -2.19. The predicted molar refractivity (Wildman–Crippen MR) is 120 cm³/mol. The van der Waals surface area contributed by atoms with Gasteiger partial charge in [0.25, 0.3) is 5.91 Å². The Hall–Kier alpha value is -4.14. The minimum absolute atomic E-state index is 0.215. The Morgan fingerprint density at radius 2 is 1.41 bits per heavy atom. The second-order valence-corrected chi connectivity index (χ2v) is 8.01. The minimum Gasteiger partial charge on any atom is -0.465 e. The van der Waals surface area contributed by atoms with E-state index in [1.54, 1.807) is 30.3 Å². The monoisotopic (exact) mass is 436 g/mol. The lowest BCUT2D eigenvalue weighted by molar-refractivity contribution is 0.0600. The number of methoxy groups -OCH3 is 1. The van der Waals surface area contributed by atoms with Gasteiger partial charge in [-0.1, -0.05) is 25.9 Å². The van der Waals surface area contributed by atoms with E-state index in [0.29, 0.717) is 34.1 Å². The zero-order valence-electron chi connectivity index (χ0n) is 18.2. The molecule has 0 bridgehead atoms. The Kier molecular flexibility index (Phi) is 6.58. The molecule has 0 saturated carbocycles. The largest absolute Gasteiger partial charge is 0.465 e. The van der Waals surface area contributed by atoms with Gasteiger partial charge < -0.3 is 19.9 Å². The van der Waals surface area contributed by atoms with Gasteiger partial charge in [-0.15, -0.1) is 0 Å². The Balaban J connectivity index is 1.55. The van der Waals surface area contributed by atoms with Gasteiger partial charge in [0.15, 0.2) is 5.82 Å². The van der Waals surface area contributed by atoms with Crippen LogP contribution in [-0.4, -0.2) is 30.2 Å². The molecule has 9 nitrogen and oxygen atoms in total. The second kappa shape index (κ2) is 9.34. The molecule has 0 aliphatic rings. The molecule has 0 fully saturated rings. The third-order valence-electron chi connectivity index (χ3n) is 4.46. The normalized spacial score (nSPS) is 10.9. The van der Waals surface area contributed by atoms with Crippen LogP contribution in [-0.2, 0) is 10.2 Å². The van der Waals surface area contributed by atoms with Crippen LogP contribution in [0.4, 0.5) is 22.0 Å². The third kappa shape index (κ3) is 5.72. The molecule has 0 unspecified atom stereocenters. The van der Waals surface area contributed by atoms with E-state index in [0.717, 1.165) is 0 Å². The van der Waals surface area contributed by atoms with Crippen LogP contribution < -0.4 is 16.0 Å². The summed E-state index contributed by atoms with van der Waals surface area (Å²) < 4.78 is 9.87. The van der Waals surface area contributed by atoms with Crippen molar-refractivity contribution in [3.05, 3.63) is 71.5 Å². The van der Waals surface area contributed by atoms with Crippen LogP contribution >= 0.6 is 0 Å². The minimum atomic E-state index is -0.471. The quantitative estimate of drug-likeness (QED) is 0.500. The third-order valence-corrected chi connectivity index (χ3v) is 4.46. The number of aromatic nitrogens is 1. The maximum absolute atomic E-state index is 12.4. The second-order valence-electron chi connectivity index (χ2n) is 8.01. The van der Waals surface area contributed by atoms with Crippen molar-refractivity contribution in [1.29, 1.82) is 0 Å². The Morgan fingerprint density at radius 1 is 0.844 bits per heavy atom. The summed E-state index contributed by atoms with van der Waals surface area (Å²) in [5.74, 6) is 0.171. The topological polar surface area (TPSA) is 123 Å². The van der Waals surface area contributed by atoms with E-state index in [4.69, 9.17) is 4.52 Å². The molecule has 3 rings (SSSR count). The van der Waals surface area contributed by atoms with Crippen LogP contribution in [0.1, 0.15) is 47.2 Å². The first-order chi connectivity index (χ1) is 15.2. The van der Waals surface area contributed by atoms with Gasteiger partial charge in [0.1, 0.15) is 5.76 Å². The summed E-state index contributed by atoms with van der Waals surface area (Å²) in [6.45, 7) is 5.94. The molecular weight excluding hydrogens is 412 g/mol. The molecule has 0 aliphatic heterocycles. The Bertz CT molecular complexity index is 1110. The van der Waals surface area contributed by atoms with Gasteiger partial charge in [0.2, 0.25) is 0 Å². The van der Waals surface area contributed by atoms with E-state index < -0.39 is 12.0 Å². The van der Waals surface area contributed by atoms with E-state index in [9.17, 15) is 14.4 Å². The molecule has 9 heteroatoms. The first-order valence-corrected chi connectivity index (χ1v) is 9.81. The van der Waals surface area contributed by atoms with Crippen molar-refractivity contribution >= 4 is 35.1 Å². The van der Waals surface area contributed by atoms with E-state index in [1.165, 1.54) is 31.4 Å². The number of esters is 1. The summed E-state index contributed by atoms with van der Waals surface area (Å²) >= 11 is 0. The molecule has 32 heavy (non-hydrogen) atoms. The average molecular weight is 436 g/mol. The molecule has 3 aromatic rings. The van der Waals surface area contributed by atoms with E-state index in [1.807, 2.05) is 20.8 Å². The maximum atomic E-state index is 12.4. The van der Waals surface area contributed by atoms with Gasteiger partial charge in [-0.25, -0.2) is 9.59 Å². The highest BCUT2D eigenvalue weighted by atomic mass is 16.5. The first-order valence-electron chi connectivity index (χ1n) is 9.81. The molecule has 0 atom stereocenters. The zero-order chi connectivity index (χ0) is 23.3. The number of amides is 3. The Morgan fingerprint density at radius 3 is 1.94 bits per heavy atom. The molecule has 0 spiro atoms. The summed E-state index contributed by atoms with van der Waals surface area (Å²) in [6.07, 6.45) is 0. The van der Waals surface area contributed by atoms with Gasteiger partial charge in [-0.2, -0.15) is 0 Å². The number of nitrogens with one attached hydrogen (secondary N) is 3. The summed E-state index contributed by atoms with van der Waals surface area (Å²) in [7, 11) is 1.29. The van der Waals surface area contributed by atoms with Gasteiger partial charge >= 0.3 is 12.0 Å². The number of benzene rings is 2. The molecular formula is C23H24N4O5. The lowest BCUT2D eigenvalue weighted by atomic mass is 9.93. The van der Waals surface area contributed by atoms with Crippen molar-refractivity contribution in [3.8, 4) is 0 Å². The van der Waals surface area contributed by atoms with E-state index >= 15 is 0 Å². The van der Waals surface area contributed by atoms with Crippen molar-refractivity contribution in [2.75, 3.05) is 23.1 Å². The fraction of sp³-hybridized carbons (Fsp3) is 0.217. The van der Waals surface area contributed by atoms with Gasteiger partial charge in [0.05, 0.1) is 12.7 Å². The first kappa shape index (κ1) is 22.5. The summed E-state index contributed by atoms with van der Waals surface area (Å²) in [4.78, 5) is 36.0. The number of rotatable bonds is 5. The van der Waals surface area contributed by atoms with Gasteiger partial charge in [0, 0.05) is 28.4 Å². The molecule has 0 saturated heterocycles. The number of hydrogen-bond acceptors (Lipinski definition) is 6. The lowest BCUT2D eigenvalue weighted by Gasteiger charge is -2.12. The summed E-state index contributed by atoms with van der Waals surface area (Å²) in [5, 5.41) is 11.9. The van der Waals surface area contributed by atoms with Crippen LogP contribution in [0.5, 0.6) is 0 Å². The standard InChI is InChI=1S/C23H24N4O5/c1-23(2,3)18-13-19(27-32-18)26-22(30)25-17-11-9-16(10-12-17)24-20(28)14-5-7-15(8-6-14)21(29)31-4/h5-13H,1-4H3,(H,24,28)(H2,25,26,27,30). The molecule has 1 heterocycles. The highest BCUT2D eigenvalue weighted by Crippen LogP contribution is 2.24. The average Bonchev–Trinajstić information content (AvgIpc) is 3.23. The van der Waals surface area contributed by atoms with Crippen molar-refractivity contribution < 1.29 is 23.6 Å². The molecule has 0 radical (unpaired) electrons. The molecule has 0 aliphatic carbocycles. The van der Waals surface area contributed by atoms with Crippen LogP contribution in [0.2, 0.25) is 0 Å². The van der Waals surface area contributed by atoms with Crippen LogP contribution in [0.3, 0.4) is 0 Å². The highest BCUT2D eigenvalue weighted by Gasteiger charge is 2.20. The van der Waals surface area contributed by atoms with Crippen LogP contribution in [0.15, 0.2) is 59.1 Å². The summed E-state index contributed by atoms with van der Waals surface area (Å²) in [6, 6.07) is 13.9. The van der Waals surface area contributed by atoms with Crippen molar-refractivity contribution in [2.45, 2.75) is 26.2 Å². The molecule has 166 valence electrons. The van der Waals surface area contributed by atoms with E-state index in [-0.39, 0.29) is 11.3 Å². The van der Waals surface area contributed by atoms with Crippen molar-refractivity contribution in [2.24, 2.45) is 0 Å². The van der Waals surface area contributed by atoms with E-state index in [2.05, 4.69) is 25.8 Å². The number of nitrogens with zero attached hydrogens (tertiary/aromatic N) is 1. The molecule has 3 N–H and O–H groups in total. The van der Waals surface area contributed by atoms with Gasteiger partial charge in [-0.05, 0) is 48.5 Å². The van der Waals surface area contributed by atoms with Gasteiger partial charge in [-0.3, -0.25) is 10.1 Å². The fourth-order valence-corrected chi connectivity index (χ4v) is 2.68. The number of carbonyl (C=O) groups excluding carboxylic acids is 3. The SMILES string of the molecule is COC(=O)c1ccc(C(=O)Nc2ccc(NC(=O)Nc3cc(C(C)(C)C)on3)cc2)cc1. The van der Waals surface area contributed by atoms with Crippen LogP contribution in [0, 0.1) is 0 Å². The predicted octanol–water partition coefficient (Wildman–Crippen LogP) is 4.66. The maximum Gasteiger partial charge on any atom is 0.337 e. The fourth-order valence-electron chi connectivity index (χ4n) is 2.68. The molecule has 2 aromatic carbocycles. The number of ether oxygens (including phenoxy) is 1. The van der Waals surface area contributed by atoms with Crippen molar-refractivity contribution in [1.82, 2.24) is 5.16 Å². The highest BCUT2D eigenvalue weighted by molar-refractivity contribution is 6.05. The molecule has 3 amide bonds. The smallest absolute Gasteiger partial charge is 0.337 e. The van der Waals surface area contributed by atoms with Crippen LogP contribution in [0.25, 0.3) is 0 Å².